The summed E-state index contributed by atoms with van der Waals surface area (Å²) in [5.74, 6) is -0.283. The van der Waals surface area contributed by atoms with Crippen molar-refractivity contribution >= 4 is 33.3 Å². The first-order chi connectivity index (χ1) is 12.2. The molecule has 4 aromatic rings. The largest absolute Gasteiger partial charge is 0.422 e. The zero-order valence-corrected chi connectivity index (χ0v) is 13.6. The maximum Gasteiger partial charge on any atom is 0.346 e. The standard InChI is InChI=1S/C18H11N3O3S/c22-15(11-6-2-1-3-7-11)19-18-21-20-16(25-18)13-10-12-8-4-5-9-14(12)24-17(13)23/h1-10H,(H,19,21,22). The molecule has 7 heteroatoms. The number of carbonyl (C=O) groups is 1. The number of rotatable bonds is 3. The predicted octanol–water partition coefficient (Wildman–Crippen LogP) is 3.56. The average molecular weight is 349 g/mol. The summed E-state index contributed by atoms with van der Waals surface area (Å²) >= 11 is 1.12. The SMILES string of the molecule is O=C(Nc1nnc(-c2cc3ccccc3oc2=O)s1)c1ccccc1. The normalized spacial score (nSPS) is 10.7. The molecule has 2 heterocycles. The number of benzene rings is 2. The summed E-state index contributed by atoms with van der Waals surface area (Å²) in [5, 5.41) is 12.1. The van der Waals surface area contributed by atoms with Crippen LogP contribution in [0.3, 0.4) is 0 Å². The third-order valence-electron chi connectivity index (χ3n) is 3.55. The summed E-state index contributed by atoms with van der Waals surface area (Å²) in [6, 6.07) is 17.7. The Hall–Kier alpha value is -3.32. The lowest BCUT2D eigenvalue weighted by Gasteiger charge is -2.00. The van der Waals surface area contributed by atoms with Crippen molar-refractivity contribution in [1.82, 2.24) is 10.2 Å². The van der Waals surface area contributed by atoms with E-state index in [2.05, 4.69) is 15.5 Å². The second-order valence-corrected chi connectivity index (χ2v) is 6.20. The topological polar surface area (TPSA) is 85.1 Å². The molecule has 0 spiro atoms. The minimum absolute atomic E-state index is 0.283. The van der Waals surface area contributed by atoms with Gasteiger partial charge in [-0.15, -0.1) is 10.2 Å². The van der Waals surface area contributed by atoms with Gasteiger partial charge in [0.1, 0.15) is 5.58 Å². The van der Waals surface area contributed by atoms with E-state index in [1.165, 1.54) is 0 Å². The van der Waals surface area contributed by atoms with Crippen molar-refractivity contribution in [2.24, 2.45) is 0 Å². The number of hydrogen-bond donors (Lipinski definition) is 1. The highest BCUT2D eigenvalue weighted by Crippen LogP contribution is 2.26. The van der Waals surface area contributed by atoms with Crippen molar-refractivity contribution in [2.75, 3.05) is 5.32 Å². The molecule has 1 amide bonds. The van der Waals surface area contributed by atoms with E-state index in [1.807, 2.05) is 18.2 Å². The molecule has 6 nitrogen and oxygen atoms in total. The number of aromatic nitrogens is 2. The van der Waals surface area contributed by atoms with Gasteiger partial charge in [0, 0.05) is 10.9 Å². The van der Waals surface area contributed by atoms with E-state index in [1.54, 1.807) is 42.5 Å². The maximum atomic E-state index is 12.2. The van der Waals surface area contributed by atoms with Crippen LogP contribution < -0.4 is 10.9 Å². The van der Waals surface area contributed by atoms with E-state index in [9.17, 15) is 9.59 Å². The molecule has 0 aliphatic rings. The summed E-state index contributed by atoms with van der Waals surface area (Å²) in [4.78, 5) is 24.3. The van der Waals surface area contributed by atoms with Crippen LogP contribution in [-0.2, 0) is 0 Å². The second kappa shape index (κ2) is 6.29. The minimum Gasteiger partial charge on any atom is -0.422 e. The quantitative estimate of drug-likeness (QED) is 0.572. The van der Waals surface area contributed by atoms with Gasteiger partial charge in [0.15, 0.2) is 5.01 Å². The van der Waals surface area contributed by atoms with Gasteiger partial charge >= 0.3 is 5.63 Å². The molecule has 0 aliphatic carbocycles. The van der Waals surface area contributed by atoms with Crippen LogP contribution in [0, 0.1) is 0 Å². The first kappa shape index (κ1) is 15.2. The number of carbonyl (C=O) groups excluding carboxylic acids is 1. The molecule has 0 bridgehead atoms. The lowest BCUT2D eigenvalue weighted by molar-refractivity contribution is 0.102. The van der Waals surface area contributed by atoms with E-state index in [4.69, 9.17) is 4.42 Å². The Kier molecular flexibility index (Phi) is 3.83. The average Bonchev–Trinajstić information content (AvgIpc) is 3.10. The number of nitrogens with zero attached hydrogens (tertiary/aromatic N) is 2. The lowest BCUT2D eigenvalue weighted by atomic mass is 10.2. The molecule has 4 rings (SSSR count). The Morgan fingerprint density at radius 1 is 1.00 bits per heavy atom. The Balaban J connectivity index is 1.64. The van der Waals surface area contributed by atoms with Gasteiger partial charge in [0.05, 0.1) is 5.56 Å². The van der Waals surface area contributed by atoms with Crippen molar-refractivity contribution in [1.29, 1.82) is 0 Å². The first-order valence-corrected chi connectivity index (χ1v) is 8.25. The highest BCUT2D eigenvalue weighted by Gasteiger charge is 2.15. The van der Waals surface area contributed by atoms with Crippen molar-refractivity contribution in [3.63, 3.8) is 0 Å². The van der Waals surface area contributed by atoms with Crippen LogP contribution in [0.25, 0.3) is 21.5 Å². The molecule has 0 saturated carbocycles. The Morgan fingerprint density at radius 3 is 2.60 bits per heavy atom. The van der Waals surface area contributed by atoms with Crippen LogP contribution >= 0.6 is 11.3 Å². The molecular formula is C18H11N3O3S. The molecule has 25 heavy (non-hydrogen) atoms. The van der Waals surface area contributed by atoms with E-state index < -0.39 is 5.63 Å². The second-order valence-electron chi connectivity index (χ2n) is 5.22. The van der Waals surface area contributed by atoms with E-state index in [0.717, 1.165) is 16.7 Å². The van der Waals surface area contributed by atoms with Gasteiger partial charge in [0.2, 0.25) is 5.13 Å². The van der Waals surface area contributed by atoms with Gasteiger partial charge in [-0.2, -0.15) is 0 Å². The molecule has 0 unspecified atom stereocenters. The van der Waals surface area contributed by atoms with E-state index >= 15 is 0 Å². The zero-order chi connectivity index (χ0) is 17.2. The number of fused-ring (bicyclic) bond motifs is 1. The Bertz CT molecular complexity index is 1120. The van der Waals surface area contributed by atoms with Gasteiger partial charge in [0.25, 0.3) is 5.91 Å². The maximum absolute atomic E-state index is 12.2. The van der Waals surface area contributed by atoms with Crippen LogP contribution in [0.5, 0.6) is 0 Å². The third kappa shape index (κ3) is 3.05. The number of hydrogen-bond acceptors (Lipinski definition) is 6. The van der Waals surface area contributed by atoms with Crippen LogP contribution in [-0.4, -0.2) is 16.1 Å². The van der Waals surface area contributed by atoms with Crippen LogP contribution in [0.15, 0.2) is 69.9 Å². The van der Waals surface area contributed by atoms with Crippen LogP contribution in [0.2, 0.25) is 0 Å². The van der Waals surface area contributed by atoms with Gasteiger partial charge in [-0.1, -0.05) is 47.7 Å². The molecule has 0 saturated heterocycles. The molecule has 2 aromatic heterocycles. The predicted molar refractivity (Wildman–Crippen MR) is 95.8 cm³/mol. The van der Waals surface area contributed by atoms with Crippen molar-refractivity contribution in [3.8, 4) is 10.6 Å². The monoisotopic (exact) mass is 349 g/mol. The van der Waals surface area contributed by atoms with Crippen LogP contribution in [0.1, 0.15) is 10.4 Å². The lowest BCUT2D eigenvalue weighted by Crippen LogP contribution is -2.11. The summed E-state index contributed by atoms with van der Waals surface area (Å²) in [6.45, 7) is 0. The highest BCUT2D eigenvalue weighted by molar-refractivity contribution is 7.18. The highest BCUT2D eigenvalue weighted by atomic mass is 32.1. The van der Waals surface area contributed by atoms with Gasteiger partial charge in [-0.25, -0.2) is 4.79 Å². The molecule has 0 aliphatic heterocycles. The molecule has 0 radical (unpaired) electrons. The fraction of sp³-hybridized carbons (Fsp3) is 0. The number of para-hydroxylation sites is 1. The van der Waals surface area contributed by atoms with Crippen molar-refractivity contribution in [3.05, 3.63) is 76.6 Å². The fourth-order valence-electron chi connectivity index (χ4n) is 2.35. The van der Waals surface area contributed by atoms with E-state index in [-0.39, 0.29) is 5.91 Å². The number of nitrogens with one attached hydrogen (secondary N) is 1. The fourth-order valence-corrected chi connectivity index (χ4v) is 3.09. The summed E-state index contributed by atoms with van der Waals surface area (Å²) < 4.78 is 5.30. The summed E-state index contributed by atoms with van der Waals surface area (Å²) in [6.07, 6.45) is 0. The number of amides is 1. The summed E-state index contributed by atoms with van der Waals surface area (Å²) in [5.41, 5.74) is 0.857. The molecular weight excluding hydrogens is 338 g/mol. The zero-order valence-electron chi connectivity index (χ0n) is 12.8. The smallest absolute Gasteiger partial charge is 0.346 e. The minimum atomic E-state index is -0.490. The molecule has 1 N–H and O–H groups in total. The molecule has 2 aromatic carbocycles. The van der Waals surface area contributed by atoms with Gasteiger partial charge in [-0.05, 0) is 24.3 Å². The Labute approximate surface area is 145 Å². The van der Waals surface area contributed by atoms with Gasteiger partial charge in [-0.3, -0.25) is 10.1 Å². The summed E-state index contributed by atoms with van der Waals surface area (Å²) in [7, 11) is 0. The van der Waals surface area contributed by atoms with E-state index in [0.29, 0.717) is 26.8 Å². The molecule has 0 fully saturated rings. The Morgan fingerprint density at radius 2 is 1.76 bits per heavy atom. The van der Waals surface area contributed by atoms with Crippen molar-refractivity contribution < 1.29 is 9.21 Å². The first-order valence-electron chi connectivity index (χ1n) is 7.44. The third-order valence-corrected chi connectivity index (χ3v) is 4.43. The van der Waals surface area contributed by atoms with Crippen molar-refractivity contribution in [2.45, 2.75) is 0 Å². The molecule has 122 valence electrons. The van der Waals surface area contributed by atoms with Gasteiger partial charge < -0.3 is 4.42 Å². The number of anilines is 1. The molecule has 0 atom stereocenters. The van der Waals surface area contributed by atoms with Crippen LogP contribution in [0.4, 0.5) is 5.13 Å².